The molecule has 2 heterocycles. The van der Waals surface area contributed by atoms with E-state index in [1.54, 1.807) is 6.33 Å². The van der Waals surface area contributed by atoms with Crippen molar-refractivity contribution < 1.29 is 4.74 Å². The van der Waals surface area contributed by atoms with Crippen molar-refractivity contribution in [2.45, 2.75) is 51.0 Å². The van der Waals surface area contributed by atoms with Crippen molar-refractivity contribution in [3.05, 3.63) is 17.6 Å². The second-order valence-corrected chi connectivity index (χ2v) is 6.31. The Labute approximate surface area is 131 Å². The molecule has 3 rings (SSSR count). The van der Waals surface area contributed by atoms with E-state index in [4.69, 9.17) is 16.3 Å². The lowest BCUT2D eigenvalue weighted by molar-refractivity contribution is 0.0470. The third-order valence-electron chi connectivity index (χ3n) is 4.52. The van der Waals surface area contributed by atoms with Crippen LogP contribution in [0.25, 0.3) is 0 Å². The minimum atomic E-state index is 0.362. The van der Waals surface area contributed by atoms with Crippen molar-refractivity contribution in [3.8, 4) is 0 Å². The average Bonchev–Trinajstić information content (AvgIpc) is 2.78. The summed E-state index contributed by atoms with van der Waals surface area (Å²) < 4.78 is 5.76. The van der Waals surface area contributed by atoms with Crippen LogP contribution in [0.1, 0.15) is 43.4 Å². The van der Waals surface area contributed by atoms with E-state index >= 15 is 0 Å². The predicted octanol–water partition coefficient (Wildman–Crippen LogP) is 2.97. The molecule has 0 unspecified atom stereocenters. The highest BCUT2D eigenvalue weighted by atomic mass is 35.5. The molecule has 1 saturated heterocycles. The summed E-state index contributed by atoms with van der Waals surface area (Å²) in [4.78, 5) is 11.5. The van der Waals surface area contributed by atoms with Gasteiger partial charge < -0.3 is 9.64 Å². The summed E-state index contributed by atoms with van der Waals surface area (Å²) in [7, 11) is 0. The molecule has 1 fully saturated rings. The maximum atomic E-state index is 5.76. The van der Waals surface area contributed by atoms with Crippen LogP contribution in [0.2, 0.25) is 0 Å². The molecule has 1 aliphatic heterocycles. The fraction of sp³-hybridized carbons (Fsp3) is 0.750. The van der Waals surface area contributed by atoms with Crippen LogP contribution in [0.4, 0.5) is 5.82 Å². The zero-order valence-electron chi connectivity index (χ0n) is 12.6. The first kappa shape index (κ1) is 15.0. The first-order valence-corrected chi connectivity index (χ1v) is 8.67. The van der Waals surface area contributed by atoms with E-state index in [1.165, 1.54) is 36.3 Å². The molecule has 0 amide bonds. The zero-order valence-corrected chi connectivity index (χ0v) is 13.3. The van der Waals surface area contributed by atoms with E-state index in [2.05, 4.69) is 14.9 Å². The van der Waals surface area contributed by atoms with Crippen molar-refractivity contribution in [3.63, 3.8) is 0 Å². The van der Waals surface area contributed by atoms with Crippen LogP contribution in [-0.4, -0.2) is 41.6 Å². The molecule has 1 aromatic heterocycles. The van der Waals surface area contributed by atoms with Gasteiger partial charge in [0.05, 0.1) is 12.7 Å². The molecular formula is C16H24ClN3O. The molecule has 21 heavy (non-hydrogen) atoms. The Morgan fingerprint density at radius 2 is 1.95 bits per heavy atom. The highest BCUT2D eigenvalue weighted by Crippen LogP contribution is 2.28. The van der Waals surface area contributed by atoms with Gasteiger partial charge in [0.1, 0.15) is 12.1 Å². The number of anilines is 1. The average molecular weight is 310 g/mol. The fourth-order valence-corrected chi connectivity index (χ4v) is 3.49. The lowest BCUT2D eigenvalue weighted by Gasteiger charge is -2.33. The van der Waals surface area contributed by atoms with Gasteiger partial charge in [-0.25, -0.2) is 9.97 Å². The minimum absolute atomic E-state index is 0.362. The molecule has 0 bridgehead atoms. The van der Waals surface area contributed by atoms with Gasteiger partial charge in [-0.3, -0.25) is 0 Å². The first-order chi connectivity index (χ1) is 10.4. The number of rotatable bonds is 4. The topological polar surface area (TPSA) is 38.2 Å². The molecule has 1 aliphatic carbocycles. The van der Waals surface area contributed by atoms with Gasteiger partial charge in [0.2, 0.25) is 0 Å². The number of aromatic nitrogens is 2. The highest BCUT2D eigenvalue weighted by molar-refractivity contribution is 6.17. The molecule has 5 heteroatoms. The molecule has 4 nitrogen and oxygen atoms in total. The molecule has 0 radical (unpaired) electrons. The van der Waals surface area contributed by atoms with E-state index in [0.29, 0.717) is 18.6 Å². The Hall–Kier alpha value is -0.870. The van der Waals surface area contributed by atoms with Gasteiger partial charge >= 0.3 is 0 Å². The van der Waals surface area contributed by atoms with Gasteiger partial charge in [-0.15, -0.1) is 11.6 Å². The molecular weight excluding hydrogens is 286 g/mol. The van der Waals surface area contributed by atoms with E-state index < -0.39 is 0 Å². The second-order valence-electron chi connectivity index (χ2n) is 5.93. The fourth-order valence-electron chi connectivity index (χ4n) is 3.40. The van der Waals surface area contributed by atoms with Crippen LogP contribution in [0.3, 0.4) is 0 Å². The molecule has 0 spiro atoms. The van der Waals surface area contributed by atoms with Gasteiger partial charge in [0, 0.05) is 30.2 Å². The lowest BCUT2D eigenvalue weighted by atomic mass is 10.0. The van der Waals surface area contributed by atoms with E-state index in [0.717, 1.165) is 38.8 Å². The third-order valence-corrected chi connectivity index (χ3v) is 4.68. The standard InChI is InChI=1S/C16H24ClN3O/c17-8-11-21-13-6-9-20(10-7-13)16-14-4-2-1-3-5-15(14)18-12-19-16/h12-13H,1-11H2. The van der Waals surface area contributed by atoms with Gasteiger partial charge in [-0.2, -0.15) is 0 Å². The Bertz CT molecular complexity index is 461. The number of hydrogen-bond donors (Lipinski definition) is 0. The maximum absolute atomic E-state index is 5.76. The number of aryl methyl sites for hydroxylation is 1. The summed E-state index contributed by atoms with van der Waals surface area (Å²) in [5.74, 6) is 1.76. The van der Waals surface area contributed by atoms with Gasteiger partial charge in [-0.1, -0.05) is 6.42 Å². The Balaban J connectivity index is 1.68. The summed E-state index contributed by atoms with van der Waals surface area (Å²) in [6, 6.07) is 0. The van der Waals surface area contributed by atoms with Crippen LogP contribution in [0.15, 0.2) is 6.33 Å². The number of alkyl halides is 1. The van der Waals surface area contributed by atoms with E-state index in [-0.39, 0.29) is 0 Å². The summed E-state index contributed by atoms with van der Waals surface area (Å²) in [6.45, 7) is 2.71. The number of nitrogens with zero attached hydrogens (tertiary/aromatic N) is 3. The smallest absolute Gasteiger partial charge is 0.135 e. The number of halogens is 1. The van der Waals surface area contributed by atoms with Crippen molar-refractivity contribution in [1.82, 2.24) is 9.97 Å². The molecule has 0 atom stereocenters. The SMILES string of the molecule is ClCCOC1CCN(c2ncnc3c2CCCCC3)CC1. The minimum Gasteiger partial charge on any atom is -0.377 e. The normalized spacial score (nSPS) is 20.1. The number of piperidine rings is 1. The number of ether oxygens (including phenoxy) is 1. The Kier molecular flexibility index (Phi) is 5.31. The van der Waals surface area contributed by atoms with Crippen LogP contribution >= 0.6 is 11.6 Å². The maximum Gasteiger partial charge on any atom is 0.135 e. The zero-order chi connectivity index (χ0) is 14.5. The summed E-state index contributed by atoms with van der Waals surface area (Å²) >= 11 is 5.69. The van der Waals surface area contributed by atoms with Crippen LogP contribution in [0, 0.1) is 0 Å². The Morgan fingerprint density at radius 1 is 1.14 bits per heavy atom. The monoisotopic (exact) mass is 309 g/mol. The van der Waals surface area contributed by atoms with Gasteiger partial charge in [0.25, 0.3) is 0 Å². The van der Waals surface area contributed by atoms with Crippen molar-refractivity contribution in [2.24, 2.45) is 0 Å². The van der Waals surface area contributed by atoms with Crippen molar-refractivity contribution in [1.29, 1.82) is 0 Å². The molecule has 0 aromatic carbocycles. The second kappa shape index (κ2) is 7.41. The lowest BCUT2D eigenvalue weighted by Crippen LogP contribution is -2.38. The number of hydrogen-bond acceptors (Lipinski definition) is 4. The molecule has 0 N–H and O–H groups in total. The largest absolute Gasteiger partial charge is 0.377 e. The Morgan fingerprint density at radius 3 is 2.76 bits per heavy atom. The first-order valence-electron chi connectivity index (χ1n) is 8.13. The van der Waals surface area contributed by atoms with Crippen LogP contribution < -0.4 is 4.90 Å². The van der Waals surface area contributed by atoms with Gasteiger partial charge in [0.15, 0.2) is 0 Å². The van der Waals surface area contributed by atoms with Crippen LogP contribution in [0.5, 0.6) is 0 Å². The molecule has 0 saturated carbocycles. The third kappa shape index (κ3) is 3.67. The quantitative estimate of drug-likeness (QED) is 0.633. The van der Waals surface area contributed by atoms with Crippen molar-refractivity contribution >= 4 is 17.4 Å². The van der Waals surface area contributed by atoms with E-state index in [9.17, 15) is 0 Å². The van der Waals surface area contributed by atoms with Crippen molar-refractivity contribution in [2.75, 3.05) is 30.5 Å². The summed E-state index contributed by atoms with van der Waals surface area (Å²) in [5.41, 5.74) is 2.67. The summed E-state index contributed by atoms with van der Waals surface area (Å²) in [5, 5.41) is 0. The molecule has 116 valence electrons. The predicted molar refractivity (Wildman–Crippen MR) is 85.2 cm³/mol. The molecule has 1 aromatic rings. The van der Waals surface area contributed by atoms with Crippen LogP contribution in [-0.2, 0) is 17.6 Å². The highest BCUT2D eigenvalue weighted by Gasteiger charge is 2.24. The van der Waals surface area contributed by atoms with E-state index in [1.807, 2.05) is 0 Å². The number of fused-ring (bicyclic) bond motifs is 1. The summed E-state index contributed by atoms with van der Waals surface area (Å²) in [6.07, 6.45) is 10.3. The molecule has 2 aliphatic rings. The van der Waals surface area contributed by atoms with Gasteiger partial charge in [-0.05, 0) is 38.5 Å².